The van der Waals surface area contributed by atoms with Gasteiger partial charge < -0.3 is 10.6 Å². The Morgan fingerprint density at radius 1 is 1.21 bits per heavy atom. The molecule has 0 unspecified atom stereocenters. The van der Waals surface area contributed by atoms with Crippen molar-refractivity contribution in [1.29, 1.82) is 0 Å². The second kappa shape index (κ2) is 10.7. The predicted molar refractivity (Wildman–Crippen MR) is 132 cm³/mol. The van der Waals surface area contributed by atoms with Crippen LogP contribution in [0, 0.1) is 6.92 Å². The van der Waals surface area contributed by atoms with Gasteiger partial charge in [0.1, 0.15) is 11.6 Å². The number of hydrogen-bond donors (Lipinski definition) is 2. The first-order chi connectivity index (χ1) is 13.5. The van der Waals surface area contributed by atoms with Crippen LogP contribution in [0.1, 0.15) is 37.0 Å². The van der Waals surface area contributed by atoms with Crippen LogP contribution in [-0.2, 0) is 12.0 Å². The van der Waals surface area contributed by atoms with Crippen molar-refractivity contribution in [3.05, 3.63) is 64.5 Å². The predicted octanol–water partition coefficient (Wildman–Crippen LogP) is 4.29. The third-order valence-electron chi connectivity index (χ3n) is 4.53. The smallest absolute Gasteiger partial charge is 0.191 e. The first-order valence-corrected chi connectivity index (χ1v) is 10.4. The number of thiophene rings is 1. The molecule has 0 aromatic carbocycles. The van der Waals surface area contributed by atoms with Crippen LogP contribution in [0.3, 0.4) is 0 Å². The van der Waals surface area contributed by atoms with E-state index in [2.05, 4.69) is 65.0 Å². The lowest BCUT2D eigenvalue weighted by molar-refractivity contribution is 0.518. The van der Waals surface area contributed by atoms with Crippen molar-refractivity contribution < 1.29 is 0 Å². The molecule has 0 atom stereocenters. The second-order valence-electron chi connectivity index (χ2n) is 7.28. The van der Waals surface area contributed by atoms with Gasteiger partial charge in [-0.15, -0.1) is 35.3 Å². The summed E-state index contributed by atoms with van der Waals surface area (Å²) in [5.41, 5.74) is 1.12. The summed E-state index contributed by atoms with van der Waals surface area (Å²) in [4.78, 5) is 14.9. The normalized spacial score (nSPS) is 11.8. The summed E-state index contributed by atoms with van der Waals surface area (Å²) >= 11 is 1.79. The molecule has 3 aromatic rings. The van der Waals surface area contributed by atoms with Gasteiger partial charge in [-0.25, -0.2) is 15.0 Å². The SMILES string of the molecule is CCNC(=NCc1ccc(-n2ccnc2C)nc1)NCC(C)(C)c1cccs1.I. The van der Waals surface area contributed by atoms with E-state index in [9.17, 15) is 0 Å². The van der Waals surface area contributed by atoms with Crippen molar-refractivity contribution in [2.45, 2.75) is 39.7 Å². The molecule has 0 saturated heterocycles. The van der Waals surface area contributed by atoms with E-state index in [0.717, 1.165) is 36.3 Å². The van der Waals surface area contributed by atoms with E-state index in [4.69, 9.17) is 4.99 Å². The molecule has 8 heteroatoms. The van der Waals surface area contributed by atoms with E-state index in [1.54, 1.807) is 17.5 Å². The van der Waals surface area contributed by atoms with Crippen molar-refractivity contribution in [3.63, 3.8) is 0 Å². The first-order valence-electron chi connectivity index (χ1n) is 9.51. The summed E-state index contributed by atoms with van der Waals surface area (Å²) in [6, 6.07) is 8.35. The van der Waals surface area contributed by atoms with Gasteiger partial charge >= 0.3 is 0 Å². The Morgan fingerprint density at radius 3 is 2.62 bits per heavy atom. The molecule has 3 aromatic heterocycles. The summed E-state index contributed by atoms with van der Waals surface area (Å²) in [6.45, 7) is 10.7. The topological polar surface area (TPSA) is 67.1 Å². The number of aromatic nitrogens is 3. The molecule has 3 rings (SSSR count). The molecule has 0 radical (unpaired) electrons. The zero-order chi connectivity index (χ0) is 20.0. The Labute approximate surface area is 193 Å². The fraction of sp³-hybridized carbons (Fsp3) is 0.381. The average molecular weight is 524 g/mol. The largest absolute Gasteiger partial charge is 0.357 e. The number of nitrogens with zero attached hydrogens (tertiary/aromatic N) is 4. The highest BCUT2D eigenvalue weighted by Gasteiger charge is 2.21. The monoisotopic (exact) mass is 524 g/mol. The lowest BCUT2D eigenvalue weighted by atomic mass is 9.91. The zero-order valence-corrected chi connectivity index (χ0v) is 20.5. The minimum Gasteiger partial charge on any atom is -0.357 e. The summed E-state index contributed by atoms with van der Waals surface area (Å²) in [5, 5.41) is 8.92. The summed E-state index contributed by atoms with van der Waals surface area (Å²) < 4.78 is 1.96. The molecule has 0 amide bonds. The van der Waals surface area contributed by atoms with Crippen molar-refractivity contribution in [2.24, 2.45) is 4.99 Å². The van der Waals surface area contributed by atoms with Crippen LogP contribution in [0.15, 0.2) is 53.2 Å². The molecule has 0 spiro atoms. The Hall–Kier alpha value is -1.94. The molecule has 0 saturated carbocycles. The molecule has 156 valence electrons. The summed E-state index contributed by atoms with van der Waals surface area (Å²) in [6.07, 6.45) is 5.57. The zero-order valence-electron chi connectivity index (χ0n) is 17.3. The number of aliphatic imine (C=N–C) groups is 1. The van der Waals surface area contributed by atoms with E-state index in [1.165, 1.54) is 4.88 Å². The standard InChI is InChI=1S/C21H28N6S.HI/c1-5-22-20(26-15-21(3,4)18-7-6-12-28-18)25-14-17-8-9-19(24-13-17)27-11-10-23-16(27)2;/h6-13H,5,14-15H2,1-4H3,(H2,22,25,26);1H. The molecular weight excluding hydrogens is 495 g/mol. The van der Waals surface area contributed by atoms with E-state index >= 15 is 0 Å². The van der Waals surface area contributed by atoms with Crippen LogP contribution >= 0.6 is 35.3 Å². The number of imidazole rings is 1. The summed E-state index contributed by atoms with van der Waals surface area (Å²) in [5.74, 6) is 2.61. The van der Waals surface area contributed by atoms with Crippen LogP contribution in [-0.4, -0.2) is 33.6 Å². The maximum absolute atomic E-state index is 4.72. The van der Waals surface area contributed by atoms with Gasteiger partial charge in [0.2, 0.25) is 0 Å². The van der Waals surface area contributed by atoms with Crippen molar-refractivity contribution in [2.75, 3.05) is 13.1 Å². The van der Waals surface area contributed by atoms with E-state index in [-0.39, 0.29) is 29.4 Å². The van der Waals surface area contributed by atoms with Crippen molar-refractivity contribution in [3.8, 4) is 5.82 Å². The number of aryl methyl sites for hydroxylation is 1. The molecule has 0 aliphatic carbocycles. The number of nitrogens with one attached hydrogen (secondary N) is 2. The number of halogens is 1. The van der Waals surface area contributed by atoms with Crippen LogP contribution in [0.2, 0.25) is 0 Å². The lowest BCUT2D eigenvalue weighted by Crippen LogP contribution is -2.43. The third-order valence-corrected chi connectivity index (χ3v) is 5.77. The second-order valence-corrected chi connectivity index (χ2v) is 8.23. The van der Waals surface area contributed by atoms with Gasteiger partial charge in [0.25, 0.3) is 0 Å². The van der Waals surface area contributed by atoms with E-state index in [0.29, 0.717) is 6.54 Å². The molecule has 3 heterocycles. The molecule has 0 aliphatic rings. The van der Waals surface area contributed by atoms with Crippen LogP contribution in [0.5, 0.6) is 0 Å². The molecule has 2 N–H and O–H groups in total. The van der Waals surface area contributed by atoms with Gasteiger partial charge in [-0.05, 0) is 36.9 Å². The van der Waals surface area contributed by atoms with Crippen LogP contribution in [0.25, 0.3) is 5.82 Å². The van der Waals surface area contributed by atoms with Crippen molar-refractivity contribution in [1.82, 2.24) is 25.2 Å². The Kier molecular flexibility index (Phi) is 8.63. The number of guanidine groups is 1. The molecule has 6 nitrogen and oxygen atoms in total. The van der Waals surface area contributed by atoms with Crippen LogP contribution in [0.4, 0.5) is 0 Å². The van der Waals surface area contributed by atoms with E-state index in [1.807, 2.05) is 30.0 Å². The molecule has 0 bridgehead atoms. The highest BCUT2D eigenvalue weighted by molar-refractivity contribution is 14.0. The Bertz CT molecular complexity index is 900. The molecule has 0 fully saturated rings. The van der Waals surface area contributed by atoms with Gasteiger partial charge in [0, 0.05) is 42.0 Å². The Balaban J connectivity index is 0.00000300. The first kappa shape index (κ1) is 23.3. The lowest BCUT2D eigenvalue weighted by Gasteiger charge is -2.25. The number of pyridine rings is 1. The number of rotatable bonds is 7. The molecular formula is C21H29IN6S. The third kappa shape index (κ3) is 6.27. The molecule has 0 aliphatic heterocycles. The van der Waals surface area contributed by atoms with Gasteiger partial charge in [-0.2, -0.15) is 0 Å². The maximum Gasteiger partial charge on any atom is 0.191 e. The number of hydrogen-bond acceptors (Lipinski definition) is 4. The van der Waals surface area contributed by atoms with Gasteiger partial charge in [-0.3, -0.25) is 4.57 Å². The van der Waals surface area contributed by atoms with Gasteiger partial charge in [0.05, 0.1) is 6.54 Å². The van der Waals surface area contributed by atoms with Gasteiger partial charge in [-0.1, -0.05) is 26.0 Å². The minimum absolute atomic E-state index is 0. The fourth-order valence-corrected chi connectivity index (χ4v) is 3.69. The minimum atomic E-state index is 0. The Morgan fingerprint density at radius 2 is 2.03 bits per heavy atom. The van der Waals surface area contributed by atoms with E-state index < -0.39 is 0 Å². The van der Waals surface area contributed by atoms with Crippen LogP contribution < -0.4 is 10.6 Å². The highest BCUT2D eigenvalue weighted by Crippen LogP contribution is 2.26. The average Bonchev–Trinajstić information content (AvgIpc) is 3.37. The van der Waals surface area contributed by atoms with Crippen molar-refractivity contribution >= 4 is 41.3 Å². The maximum atomic E-state index is 4.72. The highest BCUT2D eigenvalue weighted by atomic mass is 127. The fourth-order valence-electron chi connectivity index (χ4n) is 2.84. The quantitative estimate of drug-likeness (QED) is 0.275. The summed E-state index contributed by atoms with van der Waals surface area (Å²) in [7, 11) is 0. The van der Waals surface area contributed by atoms with Gasteiger partial charge in [0.15, 0.2) is 5.96 Å². The molecule has 29 heavy (non-hydrogen) atoms.